The van der Waals surface area contributed by atoms with Gasteiger partial charge in [0, 0.05) is 45.8 Å². The first-order valence-electron chi connectivity index (χ1n) is 9.84. The summed E-state index contributed by atoms with van der Waals surface area (Å²) in [6.45, 7) is 9.02. The molecule has 2 aromatic rings. The highest BCUT2D eigenvalue weighted by Crippen LogP contribution is 2.11. The maximum atomic E-state index is 12.4. The van der Waals surface area contributed by atoms with Crippen LogP contribution in [0.5, 0.6) is 0 Å². The highest BCUT2D eigenvalue weighted by molar-refractivity contribution is 5.94. The summed E-state index contributed by atoms with van der Waals surface area (Å²) in [7, 11) is 3.83. The number of amides is 1. The van der Waals surface area contributed by atoms with Crippen LogP contribution in [0.3, 0.4) is 0 Å². The fraction of sp³-hybridized carbons (Fsp3) is 0.391. The molecule has 0 aliphatic rings. The lowest BCUT2D eigenvalue weighted by Crippen LogP contribution is -2.38. The number of aliphatic imine (C=N–C) groups is 1. The Morgan fingerprint density at radius 3 is 2.25 bits per heavy atom. The molecule has 0 aliphatic carbocycles. The van der Waals surface area contributed by atoms with Gasteiger partial charge < -0.3 is 15.1 Å². The Morgan fingerprint density at radius 2 is 1.68 bits per heavy atom. The molecule has 0 aliphatic heterocycles. The van der Waals surface area contributed by atoms with Gasteiger partial charge in [-0.25, -0.2) is 0 Å². The second kappa shape index (κ2) is 10.5. The van der Waals surface area contributed by atoms with E-state index in [1.807, 2.05) is 50.1 Å². The number of carbonyl (C=O) groups is 1. The van der Waals surface area contributed by atoms with Gasteiger partial charge in [-0.15, -0.1) is 0 Å². The van der Waals surface area contributed by atoms with Gasteiger partial charge in [0.1, 0.15) is 0 Å². The van der Waals surface area contributed by atoms with E-state index in [0.717, 1.165) is 36.7 Å². The van der Waals surface area contributed by atoms with Gasteiger partial charge in [0.05, 0.1) is 0 Å². The van der Waals surface area contributed by atoms with Crippen molar-refractivity contribution < 1.29 is 4.79 Å². The summed E-state index contributed by atoms with van der Waals surface area (Å²) in [5.41, 5.74) is 4.40. The predicted octanol–water partition coefficient (Wildman–Crippen LogP) is 3.68. The fourth-order valence-electron chi connectivity index (χ4n) is 3.14. The molecule has 0 spiro atoms. The maximum absolute atomic E-state index is 12.4. The van der Waals surface area contributed by atoms with Crippen LogP contribution in [-0.2, 0) is 13.1 Å². The number of aryl methyl sites for hydroxylation is 1. The van der Waals surface area contributed by atoms with E-state index in [-0.39, 0.29) is 5.91 Å². The monoisotopic (exact) mass is 380 g/mol. The minimum Gasteiger partial charge on any atom is -0.352 e. The number of carbonyl (C=O) groups excluding carboxylic acids is 1. The van der Waals surface area contributed by atoms with Gasteiger partial charge in [-0.2, -0.15) is 0 Å². The molecule has 5 heteroatoms. The molecule has 0 bridgehead atoms. The molecule has 2 aromatic carbocycles. The van der Waals surface area contributed by atoms with Crippen LogP contribution in [0.4, 0.5) is 0 Å². The number of hydrogen-bond donors (Lipinski definition) is 1. The summed E-state index contributed by atoms with van der Waals surface area (Å²) in [6.07, 6.45) is 0. The van der Waals surface area contributed by atoms with E-state index in [1.165, 1.54) is 11.1 Å². The third-order valence-electron chi connectivity index (χ3n) is 4.94. The third-order valence-corrected chi connectivity index (χ3v) is 4.94. The molecule has 0 aromatic heterocycles. The Labute approximate surface area is 169 Å². The van der Waals surface area contributed by atoms with Crippen LogP contribution in [-0.4, -0.2) is 48.9 Å². The highest BCUT2D eigenvalue weighted by Gasteiger charge is 2.12. The molecule has 1 amide bonds. The molecule has 1 N–H and O–H groups in total. The Kier molecular flexibility index (Phi) is 8.05. The maximum Gasteiger partial charge on any atom is 0.253 e. The van der Waals surface area contributed by atoms with Crippen LogP contribution >= 0.6 is 0 Å². The average molecular weight is 381 g/mol. The molecule has 150 valence electrons. The molecule has 0 unspecified atom stereocenters. The summed E-state index contributed by atoms with van der Waals surface area (Å²) in [6, 6.07) is 16.2. The van der Waals surface area contributed by atoms with Gasteiger partial charge >= 0.3 is 0 Å². The lowest BCUT2D eigenvalue weighted by molar-refractivity contribution is 0.0773. The lowest BCUT2D eigenvalue weighted by Gasteiger charge is -2.23. The largest absolute Gasteiger partial charge is 0.352 e. The topological polar surface area (TPSA) is 47.9 Å². The van der Waals surface area contributed by atoms with Crippen molar-refractivity contribution >= 4 is 11.9 Å². The second-order valence-electron chi connectivity index (χ2n) is 6.86. The first kappa shape index (κ1) is 21.5. The smallest absolute Gasteiger partial charge is 0.253 e. The van der Waals surface area contributed by atoms with Gasteiger partial charge in [0.25, 0.3) is 5.91 Å². The fourth-order valence-corrected chi connectivity index (χ4v) is 3.14. The number of guanidine groups is 1. The van der Waals surface area contributed by atoms with E-state index in [9.17, 15) is 4.79 Å². The molecule has 0 fully saturated rings. The predicted molar refractivity (Wildman–Crippen MR) is 117 cm³/mol. The SMILES string of the molecule is CCN(CC)C(=O)c1ccc(CNC(=NC)N(C)Cc2ccccc2C)cc1. The minimum absolute atomic E-state index is 0.0817. The summed E-state index contributed by atoms with van der Waals surface area (Å²) < 4.78 is 0. The number of benzene rings is 2. The van der Waals surface area contributed by atoms with Gasteiger partial charge in [-0.3, -0.25) is 9.79 Å². The van der Waals surface area contributed by atoms with E-state index in [0.29, 0.717) is 6.54 Å². The molecule has 0 atom stereocenters. The molecule has 0 heterocycles. The van der Waals surface area contributed by atoms with Crippen molar-refractivity contribution in [2.24, 2.45) is 4.99 Å². The molecular formula is C23H32N4O. The Hall–Kier alpha value is -2.82. The standard InChI is InChI=1S/C23H32N4O/c1-6-27(7-2)22(28)20-14-12-19(13-15-20)16-25-23(24-4)26(5)17-21-11-9-8-10-18(21)3/h8-15H,6-7,16-17H2,1-5H3,(H,24,25). The van der Waals surface area contributed by atoms with E-state index in [4.69, 9.17) is 0 Å². The molecule has 0 radical (unpaired) electrons. The quantitative estimate of drug-likeness (QED) is 0.589. The van der Waals surface area contributed by atoms with Crippen molar-refractivity contribution in [2.45, 2.75) is 33.9 Å². The molecule has 5 nitrogen and oxygen atoms in total. The van der Waals surface area contributed by atoms with Crippen LogP contribution in [0.15, 0.2) is 53.5 Å². The van der Waals surface area contributed by atoms with Crippen molar-refractivity contribution in [2.75, 3.05) is 27.2 Å². The zero-order valence-electron chi connectivity index (χ0n) is 17.7. The number of rotatable bonds is 7. The van der Waals surface area contributed by atoms with Crippen LogP contribution in [0.25, 0.3) is 0 Å². The van der Waals surface area contributed by atoms with Gasteiger partial charge in [-0.1, -0.05) is 36.4 Å². The highest BCUT2D eigenvalue weighted by atomic mass is 16.2. The van der Waals surface area contributed by atoms with E-state index >= 15 is 0 Å². The van der Waals surface area contributed by atoms with Gasteiger partial charge in [-0.05, 0) is 49.6 Å². The zero-order chi connectivity index (χ0) is 20.5. The van der Waals surface area contributed by atoms with Crippen molar-refractivity contribution in [3.05, 3.63) is 70.8 Å². The first-order chi connectivity index (χ1) is 13.5. The van der Waals surface area contributed by atoms with E-state index in [2.05, 4.69) is 46.4 Å². The molecule has 2 rings (SSSR count). The Bertz CT molecular complexity index is 795. The molecule has 0 saturated heterocycles. The summed E-state index contributed by atoms with van der Waals surface area (Å²) >= 11 is 0. The summed E-state index contributed by atoms with van der Waals surface area (Å²) in [5.74, 6) is 0.921. The minimum atomic E-state index is 0.0817. The third kappa shape index (κ3) is 5.59. The second-order valence-corrected chi connectivity index (χ2v) is 6.86. The molecule has 28 heavy (non-hydrogen) atoms. The van der Waals surface area contributed by atoms with Crippen molar-refractivity contribution in [3.63, 3.8) is 0 Å². The van der Waals surface area contributed by atoms with Crippen molar-refractivity contribution in [1.82, 2.24) is 15.1 Å². The normalized spacial score (nSPS) is 11.2. The van der Waals surface area contributed by atoms with E-state index < -0.39 is 0 Å². The van der Waals surface area contributed by atoms with Crippen LogP contribution < -0.4 is 5.32 Å². The Balaban J connectivity index is 1.96. The lowest BCUT2D eigenvalue weighted by atomic mass is 10.1. The first-order valence-corrected chi connectivity index (χ1v) is 9.84. The average Bonchev–Trinajstić information content (AvgIpc) is 2.71. The van der Waals surface area contributed by atoms with E-state index in [1.54, 1.807) is 7.05 Å². The number of hydrogen-bond acceptors (Lipinski definition) is 2. The van der Waals surface area contributed by atoms with Gasteiger partial charge in [0.15, 0.2) is 5.96 Å². The zero-order valence-corrected chi connectivity index (χ0v) is 17.7. The van der Waals surface area contributed by atoms with Crippen LogP contribution in [0.2, 0.25) is 0 Å². The number of nitrogens with zero attached hydrogens (tertiary/aromatic N) is 3. The molecular weight excluding hydrogens is 348 g/mol. The van der Waals surface area contributed by atoms with Crippen LogP contribution in [0.1, 0.15) is 40.9 Å². The van der Waals surface area contributed by atoms with Crippen LogP contribution in [0, 0.1) is 6.92 Å². The summed E-state index contributed by atoms with van der Waals surface area (Å²) in [4.78, 5) is 20.7. The molecule has 0 saturated carbocycles. The Morgan fingerprint density at radius 1 is 1.04 bits per heavy atom. The number of nitrogens with one attached hydrogen (secondary N) is 1. The van der Waals surface area contributed by atoms with Crippen molar-refractivity contribution in [3.8, 4) is 0 Å². The van der Waals surface area contributed by atoms with Crippen molar-refractivity contribution in [1.29, 1.82) is 0 Å². The summed E-state index contributed by atoms with van der Waals surface area (Å²) in [5, 5.41) is 3.40. The van der Waals surface area contributed by atoms with Gasteiger partial charge in [0.2, 0.25) is 0 Å².